The molecule has 1 atom stereocenters. The maximum Gasteiger partial charge on any atom is 0.295 e. The Morgan fingerprint density at radius 2 is 1.66 bits per heavy atom. The van der Waals surface area contributed by atoms with E-state index in [4.69, 9.17) is 16.7 Å². The van der Waals surface area contributed by atoms with Crippen LogP contribution in [-0.2, 0) is 15.0 Å². The van der Waals surface area contributed by atoms with Crippen LogP contribution in [0.2, 0.25) is 5.02 Å². The fourth-order valence-corrected chi connectivity index (χ4v) is 3.92. The predicted molar refractivity (Wildman–Crippen MR) is 126 cm³/mol. The average Bonchev–Trinajstić information content (AvgIpc) is 3.01. The van der Waals surface area contributed by atoms with Gasteiger partial charge in [0.15, 0.2) is 0 Å². The summed E-state index contributed by atoms with van der Waals surface area (Å²) in [5.74, 6) is -1.60. The topological polar surface area (TPSA) is 89.9 Å². The van der Waals surface area contributed by atoms with Crippen LogP contribution in [-0.4, -0.2) is 53.0 Å². The van der Waals surface area contributed by atoms with Crippen molar-refractivity contribution in [1.82, 2.24) is 10.2 Å². The third kappa shape index (κ3) is 5.04. The molecule has 2 aromatic rings. The normalized spacial score (nSPS) is 18.4. The van der Waals surface area contributed by atoms with Gasteiger partial charge in [-0.1, -0.05) is 56.6 Å². The molecular weight excluding hydrogens is 428 g/mol. The molecule has 0 aromatic heterocycles. The molecule has 0 radical (unpaired) electrons. The molecule has 0 aliphatic carbocycles. The lowest BCUT2D eigenvalue weighted by molar-refractivity contribution is -0.139. The highest BCUT2D eigenvalue weighted by atomic mass is 35.5. The first-order valence-electron chi connectivity index (χ1n) is 10.6. The highest BCUT2D eigenvalue weighted by Crippen LogP contribution is 2.39. The molecule has 1 fully saturated rings. The third-order valence-electron chi connectivity index (χ3n) is 5.57. The summed E-state index contributed by atoms with van der Waals surface area (Å²) in [4.78, 5) is 27.4. The first kappa shape index (κ1) is 24.0. The molecule has 3 N–H and O–H groups in total. The van der Waals surface area contributed by atoms with Gasteiger partial charge in [0.2, 0.25) is 0 Å². The molecule has 1 aliphatic rings. The predicted octanol–water partition coefficient (Wildman–Crippen LogP) is 3.64. The Labute approximate surface area is 193 Å². The molecule has 1 unspecified atom stereocenters. The van der Waals surface area contributed by atoms with Crippen LogP contribution in [0.5, 0.6) is 0 Å². The fourth-order valence-electron chi connectivity index (χ4n) is 3.79. The number of benzene rings is 2. The summed E-state index contributed by atoms with van der Waals surface area (Å²) in [6.45, 7) is 7.37. The Hall–Kier alpha value is -2.67. The number of hydrogen-bond acceptors (Lipinski definition) is 5. The number of halogens is 1. The minimum Gasteiger partial charge on any atom is -0.507 e. The zero-order valence-corrected chi connectivity index (χ0v) is 19.3. The van der Waals surface area contributed by atoms with Crippen molar-refractivity contribution in [3.8, 4) is 0 Å². The summed E-state index contributed by atoms with van der Waals surface area (Å²) < 4.78 is 0. The first-order valence-corrected chi connectivity index (χ1v) is 11.0. The van der Waals surface area contributed by atoms with E-state index in [1.807, 2.05) is 24.3 Å². The number of Topliss-reactive ketones (excluding diaryl/α,β-unsaturated/α-hetero) is 1. The second-order valence-electron chi connectivity index (χ2n) is 8.84. The molecule has 1 saturated heterocycles. The van der Waals surface area contributed by atoms with Crippen LogP contribution in [0.4, 0.5) is 0 Å². The van der Waals surface area contributed by atoms with Crippen molar-refractivity contribution >= 4 is 29.1 Å². The number of ketones is 1. The van der Waals surface area contributed by atoms with Gasteiger partial charge in [-0.2, -0.15) is 0 Å². The first-order chi connectivity index (χ1) is 15.1. The monoisotopic (exact) mass is 456 g/mol. The highest BCUT2D eigenvalue weighted by molar-refractivity contribution is 6.46. The van der Waals surface area contributed by atoms with Crippen LogP contribution < -0.4 is 5.32 Å². The zero-order valence-electron chi connectivity index (χ0n) is 18.6. The number of aliphatic hydroxyl groups is 2. The highest BCUT2D eigenvalue weighted by Gasteiger charge is 2.45. The lowest BCUT2D eigenvalue weighted by atomic mass is 9.85. The number of nitrogens with one attached hydrogen (secondary N) is 1. The molecule has 1 aliphatic heterocycles. The van der Waals surface area contributed by atoms with Gasteiger partial charge in [0.05, 0.1) is 18.2 Å². The third-order valence-corrected chi connectivity index (χ3v) is 5.82. The molecule has 0 bridgehead atoms. The second-order valence-corrected chi connectivity index (χ2v) is 9.28. The molecule has 2 aromatic carbocycles. The van der Waals surface area contributed by atoms with Crippen LogP contribution in [0.25, 0.3) is 5.76 Å². The summed E-state index contributed by atoms with van der Waals surface area (Å²) in [5.41, 5.74) is 2.30. The van der Waals surface area contributed by atoms with Crippen LogP contribution >= 0.6 is 11.6 Å². The summed E-state index contributed by atoms with van der Waals surface area (Å²) in [6, 6.07) is 13.6. The zero-order chi connectivity index (χ0) is 23.5. The number of hydrogen-bond donors (Lipinski definition) is 3. The quantitative estimate of drug-likeness (QED) is 0.256. The molecule has 32 heavy (non-hydrogen) atoms. The van der Waals surface area contributed by atoms with Gasteiger partial charge in [-0.05, 0) is 40.8 Å². The van der Waals surface area contributed by atoms with Gasteiger partial charge < -0.3 is 20.4 Å². The SMILES string of the molecule is CC(C)(C)c1ccc(C2/C(=C(/O)c3ccc(Cl)cc3)C(=O)C(=O)N2CCNCCO)cc1. The molecule has 170 valence electrons. The minimum absolute atomic E-state index is 0.0208. The molecule has 7 heteroatoms. The van der Waals surface area contributed by atoms with E-state index in [-0.39, 0.29) is 29.9 Å². The summed E-state index contributed by atoms with van der Waals surface area (Å²) in [5, 5.41) is 23.6. The minimum atomic E-state index is -0.718. The largest absolute Gasteiger partial charge is 0.507 e. The summed E-state index contributed by atoms with van der Waals surface area (Å²) >= 11 is 5.96. The van der Waals surface area contributed by atoms with Crippen LogP contribution in [0.1, 0.15) is 43.5 Å². The number of rotatable bonds is 7. The molecule has 0 saturated carbocycles. The molecule has 3 rings (SSSR count). The van der Waals surface area contributed by atoms with Gasteiger partial charge in [-0.25, -0.2) is 0 Å². The Bertz CT molecular complexity index is 1010. The van der Waals surface area contributed by atoms with Crippen LogP contribution in [0.15, 0.2) is 54.1 Å². The average molecular weight is 457 g/mol. The maximum atomic E-state index is 13.0. The number of amides is 1. The van der Waals surface area contributed by atoms with E-state index in [0.29, 0.717) is 23.7 Å². The summed E-state index contributed by atoms with van der Waals surface area (Å²) in [6.07, 6.45) is 0. The molecule has 1 heterocycles. The second kappa shape index (κ2) is 9.86. The standard InChI is InChI=1S/C25H29ClN2O4/c1-25(2,3)18-8-4-16(5-9-18)21-20(22(30)17-6-10-19(26)11-7-17)23(31)24(32)28(21)14-12-27-13-15-29/h4-11,21,27,29-30H,12-15H2,1-3H3/b22-20-. The molecule has 1 amide bonds. The lowest BCUT2D eigenvalue weighted by Gasteiger charge is -2.26. The number of carbonyl (C=O) groups excluding carboxylic acids is 2. The smallest absolute Gasteiger partial charge is 0.295 e. The lowest BCUT2D eigenvalue weighted by Crippen LogP contribution is -2.36. The van der Waals surface area contributed by atoms with E-state index in [9.17, 15) is 14.7 Å². The van der Waals surface area contributed by atoms with Crippen molar-refractivity contribution in [2.24, 2.45) is 0 Å². The van der Waals surface area contributed by atoms with Crippen molar-refractivity contribution in [2.45, 2.75) is 32.2 Å². The van der Waals surface area contributed by atoms with Gasteiger partial charge in [0.1, 0.15) is 5.76 Å². The number of carbonyl (C=O) groups is 2. The van der Waals surface area contributed by atoms with Gasteiger partial charge in [0.25, 0.3) is 11.7 Å². The maximum absolute atomic E-state index is 13.0. The van der Waals surface area contributed by atoms with E-state index in [2.05, 4.69) is 26.1 Å². The molecule has 6 nitrogen and oxygen atoms in total. The van der Waals surface area contributed by atoms with Crippen molar-refractivity contribution in [3.63, 3.8) is 0 Å². The Morgan fingerprint density at radius 3 is 2.22 bits per heavy atom. The molecular formula is C25H29ClN2O4. The van der Waals surface area contributed by atoms with Crippen molar-refractivity contribution < 1.29 is 19.8 Å². The fraction of sp³-hybridized carbons (Fsp3) is 0.360. The van der Waals surface area contributed by atoms with Gasteiger partial charge in [-0.15, -0.1) is 0 Å². The van der Waals surface area contributed by atoms with Gasteiger partial charge in [0, 0.05) is 30.2 Å². The van der Waals surface area contributed by atoms with Crippen molar-refractivity contribution in [1.29, 1.82) is 0 Å². The Balaban J connectivity index is 2.07. The van der Waals surface area contributed by atoms with Gasteiger partial charge in [-0.3, -0.25) is 9.59 Å². The number of aliphatic hydroxyl groups excluding tert-OH is 2. The Morgan fingerprint density at radius 1 is 1.03 bits per heavy atom. The number of nitrogens with zero attached hydrogens (tertiary/aromatic N) is 1. The van der Waals surface area contributed by atoms with Gasteiger partial charge >= 0.3 is 0 Å². The van der Waals surface area contributed by atoms with Crippen molar-refractivity contribution in [2.75, 3.05) is 26.2 Å². The van der Waals surface area contributed by atoms with Crippen molar-refractivity contribution in [3.05, 3.63) is 75.8 Å². The van der Waals surface area contributed by atoms with E-state index in [1.165, 1.54) is 4.90 Å². The van der Waals surface area contributed by atoms with E-state index in [0.717, 1.165) is 11.1 Å². The number of likely N-dealkylation sites (tertiary alicyclic amines) is 1. The van der Waals surface area contributed by atoms with Crippen LogP contribution in [0.3, 0.4) is 0 Å². The van der Waals surface area contributed by atoms with Crippen LogP contribution in [0, 0.1) is 0 Å². The summed E-state index contributed by atoms with van der Waals surface area (Å²) in [7, 11) is 0. The van der Waals surface area contributed by atoms with E-state index < -0.39 is 17.7 Å². The molecule has 0 spiro atoms. The van der Waals surface area contributed by atoms with E-state index in [1.54, 1.807) is 24.3 Å². The van der Waals surface area contributed by atoms with E-state index >= 15 is 0 Å². The Kier molecular flexibility index (Phi) is 7.39.